The zero-order valence-electron chi connectivity index (χ0n) is 23.2. The van der Waals surface area contributed by atoms with Gasteiger partial charge in [0, 0.05) is 17.4 Å². The number of anilines is 2. The van der Waals surface area contributed by atoms with Gasteiger partial charge in [-0.2, -0.15) is 5.10 Å². The number of carbonyl (C=O) groups is 4. The van der Waals surface area contributed by atoms with Crippen LogP contribution < -0.4 is 16.8 Å². The Bertz CT molecular complexity index is 2010. The Labute approximate surface area is 258 Å². The number of benzene rings is 3. The number of carboxylic acids is 1. The number of alkyl halides is 1. The molecule has 0 unspecified atom stereocenters. The second-order valence-corrected chi connectivity index (χ2v) is 10.3. The number of carboxylic acid groups (broad SMARTS) is 1. The van der Waals surface area contributed by atoms with Crippen LogP contribution in [0.5, 0.6) is 0 Å². The van der Waals surface area contributed by atoms with Crippen molar-refractivity contribution < 1.29 is 33.1 Å². The summed E-state index contributed by atoms with van der Waals surface area (Å²) in [6, 6.07) is 12.2. The fraction of sp³-hybridized carbons (Fsp3) is 0.172. The predicted molar refractivity (Wildman–Crippen MR) is 162 cm³/mol. The number of aromatic carboxylic acids is 1. The zero-order valence-corrected chi connectivity index (χ0v) is 24.0. The maximum atomic E-state index is 15.8. The van der Waals surface area contributed by atoms with Gasteiger partial charge in [0.05, 0.1) is 28.8 Å². The molecule has 0 radical (unpaired) electrons. The number of rotatable bonds is 7. The second kappa shape index (κ2) is 11.8. The van der Waals surface area contributed by atoms with Crippen molar-refractivity contribution in [3.63, 3.8) is 0 Å². The van der Waals surface area contributed by atoms with Crippen LogP contribution in [0.2, 0.25) is 0 Å². The third kappa shape index (κ3) is 5.60. The molecule has 3 heterocycles. The highest BCUT2D eigenvalue weighted by molar-refractivity contribution is 6.05. The van der Waals surface area contributed by atoms with Crippen molar-refractivity contribution in [2.45, 2.75) is 25.2 Å². The van der Waals surface area contributed by atoms with E-state index in [0.717, 1.165) is 4.90 Å². The summed E-state index contributed by atoms with van der Waals surface area (Å²) >= 11 is 0. The number of nitrogen functional groups attached to an aromatic ring is 1. The molecule has 1 fully saturated rings. The van der Waals surface area contributed by atoms with E-state index in [2.05, 4.69) is 20.4 Å². The van der Waals surface area contributed by atoms with Gasteiger partial charge in [0.15, 0.2) is 17.5 Å². The van der Waals surface area contributed by atoms with E-state index in [4.69, 9.17) is 11.5 Å². The molecule has 232 valence electrons. The van der Waals surface area contributed by atoms with Gasteiger partial charge in [0.2, 0.25) is 11.8 Å². The molecule has 0 aliphatic carbocycles. The number of para-hydroxylation sites is 1. The molecule has 0 saturated carbocycles. The van der Waals surface area contributed by atoms with E-state index >= 15 is 4.39 Å². The molecule has 7 N–H and O–H groups in total. The number of nitrogens with one attached hydrogen (secondary N) is 2. The topological polar surface area (TPSA) is 202 Å². The van der Waals surface area contributed by atoms with Crippen molar-refractivity contribution in [3.05, 3.63) is 71.7 Å². The summed E-state index contributed by atoms with van der Waals surface area (Å²) in [5, 5.41) is 16.7. The number of aromatic amines is 1. The third-order valence-electron chi connectivity index (χ3n) is 7.45. The van der Waals surface area contributed by atoms with Gasteiger partial charge in [-0.1, -0.05) is 30.3 Å². The quantitative estimate of drug-likeness (QED) is 0.179. The lowest BCUT2D eigenvalue weighted by Gasteiger charge is -2.24. The Hall–Kier alpha value is -5.57. The van der Waals surface area contributed by atoms with Crippen LogP contribution in [-0.2, 0) is 16.1 Å². The van der Waals surface area contributed by atoms with Gasteiger partial charge in [0.25, 0.3) is 5.91 Å². The number of primary amides is 1. The first-order valence-corrected chi connectivity index (χ1v) is 13.3. The zero-order chi connectivity index (χ0) is 31.3. The molecular formula is C29H25ClF2N8O5. The highest BCUT2D eigenvalue weighted by atomic mass is 35.5. The summed E-state index contributed by atoms with van der Waals surface area (Å²) in [5.74, 6) is -4.44. The normalized spacial score (nSPS) is 16.1. The van der Waals surface area contributed by atoms with Gasteiger partial charge in [-0.25, -0.2) is 18.6 Å². The van der Waals surface area contributed by atoms with Crippen molar-refractivity contribution in [1.29, 1.82) is 0 Å². The Morgan fingerprint density at radius 3 is 2.60 bits per heavy atom. The number of halogens is 3. The average molecular weight is 639 g/mol. The van der Waals surface area contributed by atoms with Gasteiger partial charge >= 0.3 is 5.97 Å². The van der Waals surface area contributed by atoms with E-state index in [-0.39, 0.29) is 70.4 Å². The number of imidazole rings is 1. The molecule has 2 atom stereocenters. The lowest BCUT2D eigenvalue weighted by atomic mass is 10.0. The van der Waals surface area contributed by atoms with E-state index in [1.165, 1.54) is 35.0 Å². The van der Waals surface area contributed by atoms with Crippen LogP contribution in [0.3, 0.4) is 0 Å². The van der Waals surface area contributed by atoms with Crippen molar-refractivity contribution in [1.82, 2.24) is 24.6 Å². The number of likely N-dealkylation sites (tertiary alicyclic amines) is 1. The first kappa shape index (κ1) is 30.9. The van der Waals surface area contributed by atoms with E-state index < -0.39 is 48.3 Å². The Balaban J connectivity index is 0.00000400. The maximum absolute atomic E-state index is 15.8. The van der Waals surface area contributed by atoms with E-state index in [0.29, 0.717) is 10.9 Å². The molecule has 1 aliphatic rings. The number of H-pyrrole nitrogens is 1. The predicted octanol–water partition coefficient (Wildman–Crippen LogP) is 3.10. The monoisotopic (exact) mass is 638 g/mol. The minimum atomic E-state index is -1.51. The number of aromatic nitrogens is 4. The molecule has 0 bridgehead atoms. The van der Waals surface area contributed by atoms with Crippen LogP contribution in [0.1, 0.15) is 27.3 Å². The van der Waals surface area contributed by atoms with Gasteiger partial charge < -0.3 is 31.8 Å². The summed E-state index contributed by atoms with van der Waals surface area (Å²) in [6.07, 6.45) is -1.82. The molecule has 16 heteroatoms. The minimum absolute atomic E-state index is 0. The molecule has 3 aromatic carbocycles. The number of amides is 3. The van der Waals surface area contributed by atoms with E-state index in [1.807, 2.05) is 0 Å². The number of nitrogens with two attached hydrogens (primary N) is 2. The molecule has 1 aliphatic heterocycles. The van der Waals surface area contributed by atoms with Crippen LogP contribution in [0.15, 0.2) is 54.6 Å². The van der Waals surface area contributed by atoms with Gasteiger partial charge in [-0.3, -0.25) is 19.1 Å². The number of nitrogens with zero attached hydrogens (tertiary/aromatic N) is 4. The van der Waals surface area contributed by atoms with Crippen LogP contribution in [-0.4, -0.2) is 72.2 Å². The smallest absolute Gasteiger partial charge is 0.338 e. The first-order valence-electron chi connectivity index (χ1n) is 13.3. The summed E-state index contributed by atoms with van der Waals surface area (Å²) in [5.41, 5.74) is 11.6. The molecule has 3 amide bonds. The largest absolute Gasteiger partial charge is 0.478 e. The van der Waals surface area contributed by atoms with E-state index in [1.54, 1.807) is 24.3 Å². The molecule has 45 heavy (non-hydrogen) atoms. The number of hydrogen-bond acceptors (Lipinski definition) is 7. The van der Waals surface area contributed by atoms with Crippen molar-refractivity contribution in [3.8, 4) is 11.1 Å². The fourth-order valence-electron chi connectivity index (χ4n) is 5.48. The highest BCUT2D eigenvalue weighted by Gasteiger charge is 2.40. The molecule has 2 aromatic heterocycles. The van der Waals surface area contributed by atoms with Crippen molar-refractivity contribution in [2.75, 3.05) is 17.6 Å². The maximum Gasteiger partial charge on any atom is 0.338 e. The fourth-order valence-corrected chi connectivity index (χ4v) is 5.48. The molecule has 1 saturated heterocycles. The molecule has 13 nitrogen and oxygen atoms in total. The average Bonchev–Trinajstić information content (AvgIpc) is 3.67. The SMILES string of the molecule is Cl.NC(=O)c1nn(CC(=O)N2C[C@H](F)C[C@H]2C(=O)Nc2cccc(-c3cc(C(=O)O)c4nc(N)[nH]c4c3)c2F)c2ccccc12. The minimum Gasteiger partial charge on any atom is -0.478 e. The van der Waals surface area contributed by atoms with Gasteiger partial charge in [-0.05, 0) is 29.8 Å². The van der Waals surface area contributed by atoms with Crippen LogP contribution in [0, 0.1) is 5.82 Å². The van der Waals surface area contributed by atoms with Crippen molar-refractivity contribution >= 4 is 69.7 Å². The van der Waals surface area contributed by atoms with Crippen molar-refractivity contribution in [2.24, 2.45) is 5.73 Å². The molecular weight excluding hydrogens is 614 g/mol. The second-order valence-electron chi connectivity index (χ2n) is 10.3. The number of hydrogen-bond donors (Lipinski definition) is 5. The molecule has 0 spiro atoms. The van der Waals surface area contributed by atoms with Crippen LogP contribution in [0.4, 0.5) is 20.4 Å². The highest BCUT2D eigenvalue weighted by Crippen LogP contribution is 2.32. The lowest BCUT2D eigenvalue weighted by molar-refractivity contribution is -0.137. The van der Waals surface area contributed by atoms with Crippen LogP contribution in [0.25, 0.3) is 33.1 Å². The summed E-state index contributed by atoms with van der Waals surface area (Å²) in [4.78, 5) is 58.1. The Morgan fingerprint density at radius 1 is 1.11 bits per heavy atom. The summed E-state index contributed by atoms with van der Waals surface area (Å²) < 4.78 is 31.6. The lowest BCUT2D eigenvalue weighted by Crippen LogP contribution is -2.44. The van der Waals surface area contributed by atoms with Crippen LogP contribution >= 0.6 is 12.4 Å². The Kier molecular flexibility index (Phi) is 8.12. The Morgan fingerprint density at radius 2 is 1.87 bits per heavy atom. The first-order chi connectivity index (χ1) is 21.0. The summed E-state index contributed by atoms with van der Waals surface area (Å²) in [7, 11) is 0. The number of fused-ring (bicyclic) bond motifs is 2. The van der Waals surface area contributed by atoms with Gasteiger partial charge in [-0.15, -0.1) is 12.4 Å². The molecule has 6 rings (SSSR count). The van der Waals surface area contributed by atoms with Gasteiger partial charge in [0.1, 0.15) is 24.3 Å². The number of carbonyl (C=O) groups excluding carboxylic acids is 3. The standard InChI is InChI=1S/C29H24F2N8O5.ClH/c30-14-10-21(38(11-14)22(40)12-39-20-7-2-1-4-16(20)25(37-39)26(32)41)27(42)34-18-6-3-5-15(23(18)31)13-8-17(28(43)44)24-19(9-13)35-29(33)36-24;/h1-9,14,21H,10-12H2,(H2,32,41)(H,34,42)(H,43,44)(H3,33,35,36);1H/t14-,21+;/m1./s1. The molecule has 5 aromatic rings. The third-order valence-corrected chi connectivity index (χ3v) is 7.45. The van der Waals surface area contributed by atoms with E-state index in [9.17, 15) is 28.7 Å². The summed E-state index contributed by atoms with van der Waals surface area (Å²) in [6.45, 7) is -0.771.